The molecule has 0 unspecified atom stereocenters. The van der Waals surface area contributed by atoms with E-state index in [1.165, 1.54) is 30.3 Å². The molecule has 0 aliphatic carbocycles. The molecular formula is C24H17F3N4O3S2. The van der Waals surface area contributed by atoms with Crippen molar-refractivity contribution in [2.24, 2.45) is 0 Å². The van der Waals surface area contributed by atoms with Crippen LogP contribution < -0.4 is 10.0 Å². The number of halogens is 3. The van der Waals surface area contributed by atoms with E-state index < -0.39 is 27.1 Å². The summed E-state index contributed by atoms with van der Waals surface area (Å²) in [4.78, 5) is 12.0. The number of hydrogen-bond acceptors (Lipinski definition) is 6. The summed E-state index contributed by atoms with van der Waals surface area (Å²) in [6.45, 7) is 0. The van der Waals surface area contributed by atoms with Crippen LogP contribution in [0.15, 0.2) is 89.8 Å². The molecule has 12 heteroatoms. The Labute approximate surface area is 208 Å². The number of carbonyl (C=O) groups is 1. The van der Waals surface area contributed by atoms with Crippen LogP contribution in [-0.2, 0) is 21.0 Å². The number of sulfonamides is 1. The molecule has 0 aliphatic heterocycles. The molecule has 0 bridgehead atoms. The zero-order valence-corrected chi connectivity index (χ0v) is 19.9. The number of alkyl halides is 3. The van der Waals surface area contributed by atoms with Crippen LogP contribution in [0.4, 0.5) is 24.0 Å². The summed E-state index contributed by atoms with van der Waals surface area (Å²) in [7, 11) is -3.85. The molecule has 0 saturated heterocycles. The Morgan fingerprint density at radius 2 is 1.50 bits per heavy atom. The van der Waals surface area contributed by atoms with Gasteiger partial charge in [-0.05, 0) is 47.0 Å². The number of aromatic nitrogens is 2. The molecule has 0 fully saturated rings. The van der Waals surface area contributed by atoms with Crippen LogP contribution in [0, 0.1) is 0 Å². The maximum atomic E-state index is 12.7. The van der Waals surface area contributed by atoms with E-state index in [1.54, 1.807) is 12.1 Å². The fourth-order valence-corrected chi connectivity index (χ4v) is 4.71. The Morgan fingerprint density at radius 1 is 0.861 bits per heavy atom. The summed E-state index contributed by atoms with van der Waals surface area (Å²) in [5.41, 5.74) is 2.87. The normalized spacial score (nSPS) is 12.0. The molecule has 0 aliphatic rings. The first-order valence-corrected chi connectivity index (χ1v) is 12.6. The summed E-state index contributed by atoms with van der Waals surface area (Å²) in [5.74, 6) is -0.711. The smallest absolute Gasteiger partial charge is 0.297 e. The van der Waals surface area contributed by atoms with Crippen molar-refractivity contribution in [2.45, 2.75) is 11.1 Å². The largest absolute Gasteiger partial charge is 0.445 e. The van der Waals surface area contributed by atoms with Gasteiger partial charge in [-0.25, -0.2) is 8.42 Å². The molecule has 1 amide bonds. The van der Waals surface area contributed by atoms with E-state index in [9.17, 15) is 26.4 Å². The van der Waals surface area contributed by atoms with Crippen LogP contribution in [0.1, 0.15) is 10.6 Å². The number of hydrogen-bond donors (Lipinski definition) is 2. The molecule has 0 atom stereocenters. The Hall–Kier alpha value is -4.03. The van der Waals surface area contributed by atoms with Crippen LogP contribution >= 0.6 is 11.3 Å². The number of carbonyl (C=O) groups excluding carboxylic acids is 1. The third-order valence-corrected chi connectivity index (χ3v) is 7.04. The number of nitrogens with zero attached hydrogens (tertiary/aromatic N) is 2. The van der Waals surface area contributed by atoms with Crippen LogP contribution in [0.5, 0.6) is 0 Å². The van der Waals surface area contributed by atoms with Crippen LogP contribution in [0.3, 0.4) is 0 Å². The Morgan fingerprint density at radius 3 is 2.11 bits per heavy atom. The molecule has 1 aromatic heterocycles. The molecule has 0 spiro atoms. The van der Waals surface area contributed by atoms with E-state index in [0.717, 1.165) is 17.2 Å². The van der Waals surface area contributed by atoms with Crippen molar-refractivity contribution >= 4 is 44.2 Å². The lowest BCUT2D eigenvalue weighted by molar-refractivity contribution is -0.138. The average Bonchev–Trinajstić information content (AvgIpc) is 3.33. The minimum Gasteiger partial charge on any atom is -0.297 e. The summed E-state index contributed by atoms with van der Waals surface area (Å²) in [6, 6.07) is 22.4. The van der Waals surface area contributed by atoms with E-state index in [2.05, 4.69) is 20.2 Å². The topological polar surface area (TPSA) is 101 Å². The third-order valence-electron chi connectivity index (χ3n) is 4.76. The van der Waals surface area contributed by atoms with Crippen molar-refractivity contribution < 1.29 is 26.4 Å². The predicted molar refractivity (Wildman–Crippen MR) is 132 cm³/mol. The molecule has 0 radical (unpaired) electrons. The molecule has 7 nitrogen and oxygen atoms in total. The number of amides is 1. The van der Waals surface area contributed by atoms with Crippen molar-refractivity contribution in [1.29, 1.82) is 0 Å². The minimum atomic E-state index is -4.64. The van der Waals surface area contributed by atoms with Gasteiger partial charge in [-0.2, -0.15) is 13.2 Å². The standard InChI is InChI=1S/C24H17F3N4O3S2/c25-24(26,27)22-29-30-23(35-22)28-21(32)15-8-16-6-13-20(14-7-16)36(33,34)31-19-11-9-18(10-12-19)17-4-2-1-3-5-17/h1-15,31H,(H,28,30,32). The molecule has 2 N–H and O–H groups in total. The molecule has 184 valence electrons. The summed E-state index contributed by atoms with van der Waals surface area (Å²) in [5, 5.41) is 7.00. The zero-order chi connectivity index (χ0) is 25.8. The summed E-state index contributed by atoms with van der Waals surface area (Å²) < 4.78 is 65.7. The van der Waals surface area contributed by atoms with Crippen molar-refractivity contribution in [3.8, 4) is 11.1 Å². The Kier molecular flexibility index (Phi) is 7.17. The Balaban J connectivity index is 1.37. The van der Waals surface area contributed by atoms with Gasteiger partial charge in [0.05, 0.1) is 4.90 Å². The van der Waals surface area contributed by atoms with Crippen molar-refractivity contribution in [1.82, 2.24) is 10.2 Å². The van der Waals surface area contributed by atoms with Gasteiger partial charge in [-0.3, -0.25) is 14.8 Å². The second kappa shape index (κ2) is 10.3. The molecule has 0 saturated carbocycles. The molecular weight excluding hydrogens is 513 g/mol. The lowest BCUT2D eigenvalue weighted by atomic mass is 10.1. The quantitative estimate of drug-likeness (QED) is 0.300. The van der Waals surface area contributed by atoms with E-state index >= 15 is 0 Å². The summed E-state index contributed by atoms with van der Waals surface area (Å²) >= 11 is 0.208. The van der Waals surface area contributed by atoms with Gasteiger partial charge in [0, 0.05) is 11.8 Å². The van der Waals surface area contributed by atoms with Gasteiger partial charge in [-0.15, -0.1) is 10.2 Å². The van der Waals surface area contributed by atoms with Crippen molar-refractivity contribution in [2.75, 3.05) is 10.0 Å². The van der Waals surface area contributed by atoms with E-state index in [4.69, 9.17) is 0 Å². The molecule has 3 aromatic carbocycles. The fraction of sp³-hybridized carbons (Fsp3) is 0.0417. The van der Waals surface area contributed by atoms with Crippen molar-refractivity contribution in [3.63, 3.8) is 0 Å². The molecule has 1 heterocycles. The van der Waals surface area contributed by atoms with E-state index in [-0.39, 0.29) is 21.4 Å². The Bertz CT molecular complexity index is 1480. The molecule has 4 rings (SSSR count). The number of nitrogens with one attached hydrogen (secondary N) is 2. The average molecular weight is 531 g/mol. The van der Waals surface area contributed by atoms with Gasteiger partial charge in [0.25, 0.3) is 10.0 Å². The highest BCUT2D eigenvalue weighted by Crippen LogP contribution is 2.33. The maximum Gasteiger partial charge on any atom is 0.445 e. The molecule has 4 aromatic rings. The first-order valence-electron chi connectivity index (χ1n) is 10.3. The number of rotatable bonds is 7. The van der Waals surface area contributed by atoms with Gasteiger partial charge in [0.15, 0.2) is 0 Å². The molecule has 36 heavy (non-hydrogen) atoms. The van der Waals surface area contributed by atoms with Gasteiger partial charge in [0.2, 0.25) is 16.0 Å². The predicted octanol–water partition coefficient (Wildman–Crippen LogP) is 5.68. The summed E-state index contributed by atoms with van der Waals surface area (Å²) in [6.07, 6.45) is -2.17. The first kappa shape index (κ1) is 25.1. The maximum absolute atomic E-state index is 12.7. The van der Waals surface area contributed by atoms with Gasteiger partial charge >= 0.3 is 6.18 Å². The highest BCUT2D eigenvalue weighted by Gasteiger charge is 2.35. The van der Waals surface area contributed by atoms with Crippen molar-refractivity contribution in [3.05, 3.63) is 95.5 Å². The monoisotopic (exact) mass is 530 g/mol. The van der Waals surface area contributed by atoms with E-state index in [1.807, 2.05) is 42.5 Å². The lowest BCUT2D eigenvalue weighted by Crippen LogP contribution is -2.12. The first-order chi connectivity index (χ1) is 17.1. The van der Waals surface area contributed by atoms with Gasteiger partial charge in [0.1, 0.15) is 0 Å². The van der Waals surface area contributed by atoms with Gasteiger partial charge < -0.3 is 0 Å². The van der Waals surface area contributed by atoms with Crippen LogP contribution in [0.25, 0.3) is 17.2 Å². The number of benzene rings is 3. The number of anilines is 2. The highest BCUT2D eigenvalue weighted by molar-refractivity contribution is 7.92. The van der Waals surface area contributed by atoms with Crippen LogP contribution in [0.2, 0.25) is 0 Å². The SMILES string of the molecule is O=C(C=Cc1ccc(S(=O)(=O)Nc2ccc(-c3ccccc3)cc2)cc1)Nc1nnc(C(F)(F)F)s1. The minimum absolute atomic E-state index is 0.0183. The lowest BCUT2D eigenvalue weighted by Gasteiger charge is -2.09. The van der Waals surface area contributed by atoms with Gasteiger partial charge in [-0.1, -0.05) is 65.9 Å². The zero-order valence-electron chi connectivity index (χ0n) is 18.2. The highest BCUT2D eigenvalue weighted by atomic mass is 32.2. The second-order valence-corrected chi connectivity index (χ2v) is 10.0. The third kappa shape index (κ3) is 6.34. The fourth-order valence-electron chi connectivity index (χ4n) is 3.04. The van der Waals surface area contributed by atoms with E-state index in [0.29, 0.717) is 11.3 Å². The second-order valence-electron chi connectivity index (χ2n) is 7.35. The van der Waals surface area contributed by atoms with Crippen LogP contribution in [-0.4, -0.2) is 24.5 Å².